The number of hydrogen-bond donors (Lipinski definition) is 1. The van der Waals surface area contributed by atoms with E-state index in [0.717, 1.165) is 13.1 Å². The second kappa shape index (κ2) is 10.8. The topological polar surface area (TPSA) is 54.0 Å². The highest BCUT2D eigenvalue weighted by Gasteiger charge is 2.27. The lowest BCUT2D eigenvalue weighted by atomic mass is 10.2. The van der Waals surface area contributed by atoms with Crippen LogP contribution in [0.4, 0.5) is 18.9 Å². The molecule has 0 atom stereocenters. The summed E-state index contributed by atoms with van der Waals surface area (Å²) in [6.45, 7) is 2.75. The molecule has 6 nitrogen and oxygen atoms in total. The van der Waals surface area contributed by atoms with Gasteiger partial charge in [-0.05, 0) is 24.6 Å². The van der Waals surface area contributed by atoms with Gasteiger partial charge in [-0.1, -0.05) is 11.6 Å². The summed E-state index contributed by atoms with van der Waals surface area (Å²) in [4.78, 5) is 16.5. The Balaban J connectivity index is 1.65. The van der Waals surface area contributed by atoms with Crippen molar-refractivity contribution in [2.75, 3.05) is 64.9 Å². The van der Waals surface area contributed by atoms with Crippen LogP contribution in [0.3, 0.4) is 0 Å². The van der Waals surface area contributed by atoms with Gasteiger partial charge in [0.15, 0.2) is 0 Å². The van der Waals surface area contributed by atoms with Crippen molar-refractivity contribution in [2.45, 2.75) is 12.6 Å². The van der Waals surface area contributed by atoms with Crippen molar-refractivity contribution in [3.05, 3.63) is 23.2 Å². The van der Waals surface area contributed by atoms with Crippen LogP contribution in [0.2, 0.25) is 5.02 Å². The molecule has 0 saturated carbocycles. The van der Waals surface area contributed by atoms with Gasteiger partial charge >= 0.3 is 6.18 Å². The third-order valence-electron chi connectivity index (χ3n) is 4.30. The quantitative estimate of drug-likeness (QED) is 0.619. The molecule has 1 aliphatic rings. The van der Waals surface area contributed by atoms with E-state index in [1.807, 2.05) is 4.90 Å². The number of methoxy groups -OCH3 is 1. The zero-order valence-electron chi connectivity index (χ0n) is 15.7. The Labute approximate surface area is 167 Å². The molecule has 1 heterocycles. The molecular weight excluding hydrogens is 399 g/mol. The van der Waals surface area contributed by atoms with Gasteiger partial charge in [0.2, 0.25) is 5.91 Å². The Morgan fingerprint density at radius 1 is 1.21 bits per heavy atom. The van der Waals surface area contributed by atoms with Crippen molar-refractivity contribution in [3.8, 4) is 5.75 Å². The molecule has 10 heteroatoms. The fraction of sp³-hybridized carbons (Fsp3) is 0.611. The molecule has 1 saturated heterocycles. The molecule has 0 aliphatic carbocycles. The molecule has 158 valence electrons. The molecule has 1 aliphatic heterocycles. The van der Waals surface area contributed by atoms with Gasteiger partial charge in [-0.2, -0.15) is 13.2 Å². The van der Waals surface area contributed by atoms with Crippen LogP contribution in [-0.4, -0.2) is 81.5 Å². The van der Waals surface area contributed by atoms with Crippen molar-refractivity contribution in [1.29, 1.82) is 0 Å². The maximum atomic E-state index is 12.3. The first-order valence-electron chi connectivity index (χ1n) is 8.99. The van der Waals surface area contributed by atoms with E-state index in [2.05, 4.69) is 15.0 Å². The lowest BCUT2D eigenvalue weighted by molar-refractivity contribution is -0.174. The molecule has 28 heavy (non-hydrogen) atoms. The van der Waals surface area contributed by atoms with Gasteiger partial charge in [0.1, 0.15) is 12.4 Å². The molecule has 1 amide bonds. The zero-order chi connectivity index (χ0) is 20.6. The molecule has 1 aromatic rings. The van der Waals surface area contributed by atoms with E-state index in [1.165, 1.54) is 7.11 Å². The average molecular weight is 424 g/mol. The zero-order valence-corrected chi connectivity index (χ0v) is 16.5. The number of nitrogens with one attached hydrogen (secondary N) is 1. The third-order valence-corrected chi connectivity index (χ3v) is 4.53. The van der Waals surface area contributed by atoms with E-state index in [4.69, 9.17) is 16.3 Å². The van der Waals surface area contributed by atoms with Crippen LogP contribution >= 0.6 is 11.6 Å². The van der Waals surface area contributed by atoms with Gasteiger partial charge < -0.3 is 19.7 Å². The first-order valence-corrected chi connectivity index (χ1v) is 9.37. The summed E-state index contributed by atoms with van der Waals surface area (Å²) in [5.41, 5.74) is 0.525. The number of ether oxygens (including phenoxy) is 2. The van der Waals surface area contributed by atoms with E-state index >= 15 is 0 Å². The summed E-state index contributed by atoms with van der Waals surface area (Å²) in [6.07, 6.45) is -3.73. The normalized spacial score (nSPS) is 16.2. The van der Waals surface area contributed by atoms with Gasteiger partial charge in [-0.25, -0.2) is 0 Å². The second-order valence-corrected chi connectivity index (χ2v) is 6.97. The molecule has 1 N–H and O–H groups in total. The first-order chi connectivity index (χ1) is 13.3. The van der Waals surface area contributed by atoms with Crippen LogP contribution in [0.1, 0.15) is 6.42 Å². The largest absolute Gasteiger partial charge is 0.495 e. The molecule has 0 bridgehead atoms. The smallest absolute Gasteiger partial charge is 0.411 e. The molecule has 0 unspecified atom stereocenters. The van der Waals surface area contributed by atoms with Crippen LogP contribution in [0.25, 0.3) is 0 Å². The molecule has 0 aromatic heterocycles. The molecule has 1 fully saturated rings. The molecule has 2 rings (SSSR count). The number of alkyl halides is 3. The number of amides is 1. The highest BCUT2D eigenvalue weighted by molar-refractivity contribution is 6.31. The summed E-state index contributed by atoms with van der Waals surface area (Å²) in [7, 11) is 1.52. The van der Waals surface area contributed by atoms with Crippen LogP contribution in [0, 0.1) is 0 Å². The Bertz CT molecular complexity index is 638. The molecule has 0 spiro atoms. The van der Waals surface area contributed by atoms with E-state index in [0.29, 0.717) is 42.5 Å². The van der Waals surface area contributed by atoms with Gasteiger partial charge in [0.05, 0.1) is 19.3 Å². The number of halogens is 4. The molecule has 0 radical (unpaired) electrons. The van der Waals surface area contributed by atoms with Gasteiger partial charge in [-0.3, -0.25) is 9.69 Å². The fourth-order valence-corrected chi connectivity index (χ4v) is 3.09. The Morgan fingerprint density at radius 3 is 2.54 bits per heavy atom. The average Bonchev–Trinajstić information content (AvgIpc) is 2.62. The summed E-state index contributed by atoms with van der Waals surface area (Å²) >= 11 is 5.96. The van der Waals surface area contributed by atoms with Crippen molar-refractivity contribution in [3.63, 3.8) is 0 Å². The van der Waals surface area contributed by atoms with E-state index in [9.17, 15) is 18.0 Å². The number of nitrogens with zero attached hydrogens (tertiary/aromatic N) is 2. The minimum absolute atomic E-state index is 0.0869. The van der Waals surface area contributed by atoms with Gasteiger partial charge in [0.25, 0.3) is 0 Å². The van der Waals surface area contributed by atoms with E-state index < -0.39 is 12.8 Å². The number of hydrogen-bond acceptors (Lipinski definition) is 5. The van der Waals surface area contributed by atoms with Crippen molar-refractivity contribution < 1.29 is 27.4 Å². The van der Waals surface area contributed by atoms with Crippen molar-refractivity contribution in [2.24, 2.45) is 0 Å². The number of carbonyl (C=O) groups excluding carboxylic acids is 1. The lowest BCUT2D eigenvalue weighted by Gasteiger charge is -2.34. The minimum Gasteiger partial charge on any atom is -0.495 e. The van der Waals surface area contributed by atoms with Crippen LogP contribution in [0.15, 0.2) is 18.2 Å². The van der Waals surface area contributed by atoms with E-state index in [1.54, 1.807) is 18.2 Å². The van der Waals surface area contributed by atoms with Crippen LogP contribution in [0.5, 0.6) is 5.75 Å². The second-order valence-electron chi connectivity index (χ2n) is 6.53. The highest BCUT2D eigenvalue weighted by atomic mass is 35.5. The SMILES string of the molecule is COc1ccc(Cl)cc1NC(=O)CN1CCN(CCCOCC(F)(F)F)CC1. The van der Waals surface area contributed by atoms with Crippen molar-refractivity contribution >= 4 is 23.2 Å². The predicted molar refractivity (Wildman–Crippen MR) is 101 cm³/mol. The Morgan fingerprint density at radius 2 is 1.89 bits per heavy atom. The van der Waals surface area contributed by atoms with Gasteiger partial charge in [-0.15, -0.1) is 0 Å². The third kappa shape index (κ3) is 8.22. The number of anilines is 1. The Kier molecular flexibility index (Phi) is 8.81. The maximum Gasteiger partial charge on any atom is 0.411 e. The lowest BCUT2D eigenvalue weighted by Crippen LogP contribution is -2.48. The maximum absolute atomic E-state index is 12.3. The number of benzene rings is 1. The Hall–Kier alpha value is -1.55. The number of piperazine rings is 1. The highest BCUT2D eigenvalue weighted by Crippen LogP contribution is 2.27. The van der Waals surface area contributed by atoms with Crippen LogP contribution < -0.4 is 10.1 Å². The molecular formula is C18H25ClF3N3O3. The summed E-state index contributed by atoms with van der Waals surface area (Å²) < 4.78 is 45.8. The van der Waals surface area contributed by atoms with E-state index in [-0.39, 0.29) is 19.1 Å². The number of rotatable bonds is 9. The predicted octanol–water partition coefficient (Wildman–Crippen LogP) is 2.87. The minimum atomic E-state index is -4.28. The summed E-state index contributed by atoms with van der Waals surface area (Å²) in [6, 6.07) is 5.01. The number of carbonyl (C=O) groups is 1. The monoisotopic (exact) mass is 423 g/mol. The van der Waals surface area contributed by atoms with Crippen molar-refractivity contribution in [1.82, 2.24) is 9.80 Å². The summed E-state index contributed by atoms with van der Waals surface area (Å²) in [5, 5.41) is 3.31. The fourth-order valence-electron chi connectivity index (χ4n) is 2.92. The van der Waals surface area contributed by atoms with Crippen LogP contribution in [-0.2, 0) is 9.53 Å². The summed E-state index contributed by atoms with van der Waals surface area (Å²) in [5.74, 6) is 0.380. The standard InChI is InChI=1S/C18H25ClF3N3O3/c1-27-16-4-3-14(19)11-15(16)23-17(26)12-25-8-6-24(7-9-25)5-2-10-28-13-18(20,21)22/h3-4,11H,2,5-10,12-13H2,1H3,(H,23,26). The first kappa shape index (κ1) is 22.7. The molecule has 1 aromatic carbocycles. The van der Waals surface area contributed by atoms with Gasteiger partial charge in [0, 0.05) is 44.4 Å².